The van der Waals surface area contributed by atoms with E-state index in [1.54, 1.807) is 11.3 Å². The van der Waals surface area contributed by atoms with Crippen molar-refractivity contribution in [2.45, 2.75) is 32.2 Å². The minimum Gasteiger partial charge on any atom is -0.339 e. The second kappa shape index (κ2) is 7.33. The number of halogens is 1. The summed E-state index contributed by atoms with van der Waals surface area (Å²) < 4.78 is 11.5. The summed E-state index contributed by atoms with van der Waals surface area (Å²) in [6.45, 7) is 2.07. The maximum absolute atomic E-state index is 5.27. The van der Waals surface area contributed by atoms with Gasteiger partial charge in [-0.05, 0) is 36.0 Å². The van der Waals surface area contributed by atoms with Crippen LogP contribution in [0.25, 0.3) is 10.7 Å². The average molecular weight is 398 g/mol. The Kier molecular flexibility index (Phi) is 5.19. The van der Waals surface area contributed by atoms with Crippen LogP contribution in [0.15, 0.2) is 25.0 Å². The van der Waals surface area contributed by atoms with Crippen LogP contribution in [0.3, 0.4) is 0 Å². The topological polar surface area (TPSA) is 89.9 Å². The van der Waals surface area contributed by atoms with Gasteiger partial charge in [0.2, 0.25) is 17.6 Å². The van der Waals surface area contributed by atoms with Crippen LogP contribution in [0.5, 0.6) is 0 Å². The Bertz CT molecular complexity index is 769. The molecule has 1 N–H and O–H groups in total. The first-order valence-corrected chi connectivity index (χ1v) is 8.87. The predicted octanol–water partition coefficient (Wildman–Crippen LogP) is 2.88. The quantitative estimate of drug-likeness (QED) is 0.655. The first-order valence-electron chi connectivity index (χ1n) is 7.19. The van der Waals surface area contributed by atoms with Crippen molar-refractivity contribution >= 4 is 27.3 Å². The molecule has 0 radical (unpaired) electrons. The molecule has 0 fully saturated rings. The number of nitrogens with one attached hydrogen (secondary N) is 1. The smallest absolute Gasteiger partial charge is 0.227 e. The Morgan fingerprint density at radius 1 is 1.22 bits per heavy atom. The van der Waals surface area contributed by atoms with Gasteiger partial charge in [0.05, 0.1) is 4.88 Å². The van der Waals surface area contributed by atoms with E-state index in [9.17, 15) is 0 Å². The van der Waals surface area contributed by atoms with Gasteiger partial charge in [-0.15, -0.1) is 11.3 Å². The van der Waals surface area contributed by atoms with Gasteiger partial charge in [-0.3, -0.25) is 0 Å². The molecular formula is C14H16BrN5O2S. The third-order valence-corrected chi connectivity index (χ3v) is 4.99. The largest absolute Gasteiger partial charge is 0.339 e. The van der Waals surface area contributed by atoms with Crippen molar-refractivity contribution in [1.82, 2.24) is 25.6 Å². The zero-order valence-corrected chi connectivity index (χ0v) is 15.1. The number of nitrogens with zero attached hydrogens (tertiary/aromatic N) is 4. The van der Waals surface area contributed by atoms with Crippen LogP contribution < -0.4 is 5.32 Å². The van der Waals surface area contributed by atoms with Crippen molar-refractivity contribution in [2.75, 3.05) is 7.05 Å². The van der Waals surface area contributed by atoms with E-state index in [0.29, 0.717) is 42.3 Å². The number of aryl methyl sites for hydroxylation is 2. The van der Waals surface area contributed by atoms with Crippen molar-refractivity contribution in [3.63, 3.8) is 0 Å². The van der Waals surface area contributed by atoms with E-state index in [2.05, 4.69) is 48.5 Å². The standard InChI is InChI=1S/C14H16BrN5O2S/c1-8(16-2)5-11-17-12(21-19-11)3-4-13-18-14(20-22-13)10-6-9(15)7-23-10/h6-8,16H,3-5H2,1-2H3. The molecule has 9 heteroatoms. The lowest BCUT2D eigenvalue weighted by atomic mass is 10.2. The summed E-state index contributed by atoms with van der Waals surface area (Å²) in [5.74, 6) is 2.45. The third-order valence-electron chi connectivity index (χ3n) is 3.30. The molecule has 122 valence electrons. The SMILES string of the molecule is CNC(C)Cc1noc(CCc2nc(-c3cc(Br)cs3)no2)n1. The summed E-state index contributed by atoms with van der Waals surface area (Å²) in [4.78, 5) is 9.72. The summed E-state index contributed by atoms with van der Waals surface area (Å²) in [5.41, 5.74) is 0. The van der Waals surface area contributed by atoms with Crippen molar-refractivity contribution in [3.8, 4) is 10.7 Å². The molecule has 0 aliphatic heterocycles. The molecule has 1 unspecified atom stereocenters. The molecule has 0 amide bonds. The van der Waals surface area contributed by atoms with Crippen molar-refractivity contribution < 1.29 is 9.05 Å². The summed E-state index contributed by atoms with van der Waals surface area (Å²) in [7, 11) is 1.91. The summed E-state index contributed by atoms with van der Waals surface area (Å²) in [5, 5.41) is 13.1. The molecule has 0 saturated carbocycles. The molecule has 0 aromatic carbocycles. The van der Waals surface area contributed by atoms with Gasteiger partial charge in [0, 0.05) is 35.2 Å². The van der Waals surface area contributed by atoms with Gasteiger partial charge >= 0.3 is 0 Å². The van der Waals surface area contributed by atoms with E-state index in [1.807, 2.05) is 18.5 Å². The highest BCUT2D eigenvalue weighted by Gasteiger charge is 2.13. The number of thiophene rings is 1. The Morgan fingerprint density at radius 3 is 2.65 bits per heavy atom. The molecule has 3 aromatic rings. The van der Waals surface area contributed by atoms with Gasteiger partial charge in [-0.2, -0.15) is 9.97 Å². The van der Waals surface area contributed by atoms with E-state index < -0.39 is 0 Å². The van der Waals surface area contributed by atoms with E-state index in [1.165, 1.54) is 0 Å². The second-order valence-electron chi connectivity index (χ2n) is 5.14. The Hall–Kier alpha value is -1.58. The Labute approximate surface area is 145 Å². The molecular weight excluding hydrogens is 382 g/mol. The first kappa shape index (κ1) is 16.3. The molecule has 3 heterocycles. The van der Waals surface area contributed by atoms with Crippen LogP contribution in [0, 0.1) is 0 Å². The van der Waals surface area contributed by atoms with Gasteiger partial charge in [0.1, 0.15) is 0 Å². The van der Waals surface area contributed by atoms with Crippen LogP contribution in [-0.4, -0.2) is 33.4 Å². The maximum Gasteiger partial charge on any atom is 0.227 e. The highest BCUT2D eigenvalue weighted by molar-refractivity contribution is 9.10. The highest BCUT2D eigenvalue weighted by Crippen LogP contribution is 2.27. The molecule has 23 heavy (non-hydrogen) atoms. The van der Waals surface area contributed by atoms with Gasteiger partial charge in [-0.1, -0.05) is 10.3 Å². The fourth-order valence-corrected chi connectivity index (χ4v) is 3.30. The third kappa shape index (κ3) is 4.24. The zero-order valence-electron chi connectivity index (χ0n) is 12.7. The zero-order chi connectivity index (χ0) is 16.2. The summed E-state index contributed by atoms with van der Waals surface area (Å²) in [6.07, 6.45) is 1.89. The van der Waals surface area contributed by atoms with Gasteiger partial charge in [0.15, 0.2) is 5.82 Å². The Balaban J connectivity index is 1.57. The van der Waals surface area contributed by atoms with Gasteiger partial charge in [0.25, 0.3) is 0 Å². The predicted molar refractivity (Wildman–Crippen MR) is 89.2 cm³/mol. The van der Waals surface area contributed by atoms with Gasteiger partial charge in [-0.25, -0.2) is 0 Å². The van der Waals surface area contributed by atoms with Crippen LogP contribution in [0.4, 0.5) is 0 Å². The lowest BCUT2D eigenvalue weighted by Crippen LogP contribution is -2.24. The van der Waals surface area contributed by atoms with Crippen LogP contribution in [0.2, 0.25) is 0 Å². The number of rotatable bonds is 7. The minimum absolute atomic E-state index is 0.309. The van der Waals surface area contributed by atoms with Crippen molar-refractivity contribution in [2.24, 2.45) is 0 Å². The van der Waals surface area contributed by atoms with Crippen LogP contribution in [-0.2, 0) is 19.3 Å². The molecule has 3 aromatic heterocycles. The normalized spacial score (nSPS) is 12.7. The van der Waals surface area contributed by atoms with E-state index in [-0.39, 0.29) is 0 Å². The molecule has 0 aliphatic carbocycles. The summed E-state index contributed by atoms with van der Waals surface area (Å²) >= 11 is 4.98. The molecule has 7 nitrogen and oxygen atoms in total. The van der Waals surface area contributed by atoms with Gasteiger partial charge < -0.3 is 14.4 Å². The lowest BCUT2D eigenvalue weighted by Gasteiger charge is -2.04. The number of hydrogen-bond acceptors (Lipinski definition) is 8. The fraction of sp³-hybridized carbons (Fsp3) is 0.429. The summed E-state index contributed by atoms with van der Waals surface area (Å²) in [6, 6.07) is 2.27. The van der Waals surface area contributed by atoms with Crippen molar-refractivity contribution in [3.05, 3.63) is 33.5 Å². The molecule has 1 atom stereocenters. The number of likely N-dealkylation sites (N-methyl/N-ethyl adjacent to an activating group) is 1. The van der Waals surface area contributed by atoms with Crippen molar-refractivity contribution in [1.29, 1.82) is 0 Å². The van der Waals surface area contributed by atoms with E-state index in [0.717, 1.165) is 15.8 Å². The van der Waals surface area contributed by atoms with E-state index in [4.69, 9.17) is 9.05 Å². The molecule has 0 bridgehead atoms. The number of aromatic nitrogens is 4. The monoisotopic (exact) mass is 397 g/mol. The Morgan fingerprint density at radius 2 is 1.96 bits per heavy atom. The molecule has 0 saturated heterocycles. The highest BCUT2D eigenvalue weighted by atomic mass is 79.9. The second-order valence-corrected chi connectivity index (χ2v) is 6.97. The molecule has 3 rings (SSSR count). The minimum atomic E-state index is 0.309. The fourth-order valence-electron chi connectivity index (χ4n) is 1.95. The molecule has 0 aliphatic rings. The van der Waals surface area contributed by atoms with Crippen LogP contribution in [0.1, 0.15) is 24.5 Å². The maximum atomic E-state index is 5.27. The first-order chi connectivity index (χ1) is 11.1. The number of hydrogen-bond donors (Lipinski definition) is 1. The average Bonchev–Trinajstić information content (AvgIpc) is 3.25. The lowest BCUT2D eigenvalue weighted by molar-refractivity contribution is 0.351. The molecule has 0 spiro atoms. The van der Waals surface area contributed by atoms with E-state index >= 15 is 0 Å². The van der Waals surface area contributed by atoms with Crippen LogP contribution >= 0.6 is 27.3 Å².